The molecule has 0 aliphatic heterocycles. The number of aryl methyl sites for hydroxylation is 1. The molecule has 4 N–H and O–H groups in total. The SMILES string of the molecule is Cc1noc(NS(=O)(=O)c2cnccc2NN)c1C. The van der Waals surface area contributed by atoms with Gasteiger partial charge in [-0.2, -0.15) is 0 Å². The van der Waals surface area contributed by atoms with Crippen LogP contribution in [0.1, 0.15) is 11.3 Å². The number of aromatic nitrogens is 2. The molecule has 0 spiro atoms. The highest BCUT2D eigenvalue weighted by Crippen LogP contribution is 2.24. The molecule has 0 aliphatic carbocycles. The van der Waals surface area contributed by atoms with E-state index in [4.69, 9.17) is 10.4 Å². The van der Waals surface area contributed by atoms with Gasteiger partial charge >= 0.3 is 0 Å². The third kappa shape index (κ3) is 2.51. The Morgan fingerprint density at radius 3 is 2.68 bits per heavy atom. The van der Waals surface area contributed by atoms with E-state index < -0.39 is 10.0 Å². The summed E-state index contributed by atoms with van der Waals surface area (Å²) in [6, 6.07) is 1.45. The summed E-state index contributed by atoms with van der Waals surface area (Å²) in [5.74, 6) is 5.34. The van der Waals surface area contributed by atoms with Crippen LogP contribution in [0, 0.1) is 13.8 Å². The van der Waals surface area contributed by atoms with Gasteiger partial charge in [0.25, 0.3) is 10.0 Å². The highest BCUT2D eigenvalue weighted by Gasteiger charge is 2.22. The summed E-state index contributed by atoms with van der Waals surface area (Å²) in [5, 5.41) is 3.68. The summed E-state index contributed by atoms with van der Waals surface area (Å²) in [6.07, 6.45) is 2.62. The Labute approximate surface area is 110 Å². The Balaban J connectivity index is 2.41. The van der Waals surface area contributed by atoms with Crippen LogP contribution in [0.4, 0.5) is 11.6 Å². The van der Waals surface area contributed by atoms with Crippen LogP contribution in [0.2, 0.25) is 0 Å². The molecule has 2 aromatic rings. The van der Waals surface area contributed by atoms with E-state index in [1.54, 1.807) is 13.8 Å². The molecule has 9 heteroatoms. The first-order valence-electron chi connectivity index (χ1n) is 5.32. The molecule has 0 atom stereocenters. The fraction of sp³-hybridized carbons (Fsp3) is 0.200. The quantitative estimate of drug-likeness (QED) is 0.559. The van der Waals surface area contributed by atoms with E-state index in [1.165, 1.54) is 18.5 Å². The standard InChI is InChI=1S/C10H13N5O3S/c1-6-7(2)14-18-10(6)15-19(16,17)9-5-12-4-3-8(9)13-11/h3-5,15H,11H2,1-2H3,(H,12,13). The largest absolute Gasteiger partial charge is 0.337 e. The van der Waals surface area contributed by atoms with Gasteiger partial charge in [0.15, 0.2) is 0 Å². The zero-order chi connectivity index (χ0) is 14.0. The Hall–Kier alpha value is -2.13. The average Bonchev–Trinajstić information content (AvgIpc) is 2.70. The minimum absolute atomic E-state index is 0.0734. The molecule has 0 bridgehead atoms. The zero-order valence-electron chi connectivity index (χ0n) is 10.3. The van der Waals surface area contributed by atoms with Gasteiger partial charge in [-0.15, -0.1) is 0 Å². The van der Waals surface area contributed by atoms with Crippen LogP contribution >= 0.6 is 0 Å². The number of hydrogen-bond donors (Lipinski definition) is 3. The second kappa shape index (κ2) is 4.86. The summed E-state index contributed by atoms with van der Waals surface area (Å²) < 4.78 is 31.6. The molecule has 2 heterocycles. The first-order valence-corrected chi connectivity index (χ1v) is 6.80. The van der Waals surface area contributed by atoms with Crippen molar-refractivity contribution in [3.8, 4) is 0 Å². The maximum Gasteiger partial charge on any atom is 0.267 e. The molecule has 0 saturated heterocycles. The van der Waals surface area contributed by atoms with E-state index in [9.17, 15) is 8.42 Å². The highest BCUT2D eigenvalue weighted by atomic mass is 32.2. The zero-order valence-corrected chi connectivity index (χ0v) is 11.2. The number of hydrazine groups is 1. The lowest BCUT2D eigenvalue weighted by atomic mass is 10.3. The van der Waals surface area contributed by atoms with Gasteiger partial charge in [0.2, 0.25) is 5.88 Å². The normalized spacial score (nSPS) is 11.3. The van der Waals surface area contributed by atoms with Crippen molar-refractivity contribution >= 4 is 21.6 Å². The summed E-state index contributed by atoms with van der Waals surface area (Å²) in [7, 11) is -3.85. The Bertz CT molecular complexity index is 695. The van der Waals surface area contributed by atoms with E-state index in [0.29, 0.717) is 11.3 Å². The van der Waals surface area contributed by atoms with Crippen molar-refractivity contribution in [3.05, 3.63) is 29.7 Å². The van der Waals surface area contributed by atoms with Crippen LogP contribution in [0.5, 0.6) is 0 Å². The van der Waals surface area contributed by atoms with Gasteiger partial charge in [-0.3, -0.25) is 10.8 Å². The molecule has 19 heavy (non-hydrogen) atoms. The van der Waals surface area contributed by atoms with Crippen LogP contribution in [-0.4, -0.2) is 18.6 Å². The summed E-state index contributed by atoms with van der Waals surface area (Å²) in [5.41, 5.74) is 3.77. The van der Waals surface area contributed by atoms with Crippen molar-refractivity contribution in [1.82, 2.24) is 10.1 Å². The van der Waals surface area contributed by atoms with Crippen molar-refractivity contribution in [2.24, 2.45) is 5.84 Å². The van der Waals surface area contributed by atoms with Gasteiger partial charge in [0, 0.05) is 18.0 Å². The third-order valence-corrected chi connectivity index (χ3v) is 3.97. The number of rotatable bonds is 4. The molecule has 2 aromatic heterocycles. The van der Waals surface area contributed by atoms with Gasteiger partial charge in [0.1, 0.15) is 4.90 Å². The molecule has 2 rings (SSSR count). The first-order chi connectivity index (χ1) is 8.95. The number of hydrogen-bond acceptors (Lipinski definition) is 7. The van der Waals surface area contributed by atoms with Crippen molar-refractivity contribution in [3.63, 3.8) is 0 Å². The van der Waals surface area contributed by atoms with E-state index in [-0.39, 0.29) is 16.5 Å². The Kier molecular flexibility index (Phi) is 3.40. The van der Waals surface area contributed by atoms with Gasteiger partial charge in [0.05, 0.1) is 11.4 Å². The molecular formula is C10H13N5O3S. The number of sulfonamides is 1. The minimum atomic E-state index is -3.85. The Morgan fingerprint density at radius 1 is 1.37 bits per heavy atom. The topological polar surface area (TPSA) is 123 Å². The second-order valence-corrected chi connectivity index (χ2v) is 5.49. The molecule has 0 saturated carbocycles. The molecule has 0 unspecified atom stereocenters. The summed E-state index contributed by atoms with van der Waals surface area (Å²) in [4.78, 5) is 3.69. The van der Waals surface area contributed by atoms with Crippen LogP contribution in [0.3, 0.4) is 0 Å². The predicted octanol–water partition coefficient (Wildman–Crippen LogP) is 0.773. The van der Waals surface area contributed by atoms with E-state index >= 15 is 0 Å². The molecule has 0 aliphatic rings. The lowest BCUT2D eigenvalue weighted by Gasteiger charge is -2.09. The number of nitrogens with zero attached hydrogens (tertiary/aromatic N) is 2. The molecule has 0 aromatic carbocycles. The molecule has 0 fully saturated rings. The van der Waals surface area contributed by atoms with Gasteiger partial charge in [-0.25, -0.2) is 13.1 Å². The smallest absolute Gasteiger partial charge is 0.267 e. The van der Waals surface area contributed by atoms with Crippen LogP contribution in [0.15, 0.2) is 27.9 Å². The number of anilines is 2. The predicted molar refractivity (Wildman–Crippen MR) is 68.8 cm³/mol. The maximum absolute atomic E-state index is 12.2. The van der Waals surface area contributed by atoms with Crippen LogP contribution in [0.25, 0.3) is 0 Å². The third-order valence-electron chi connectivity index (χ3n) is 2.61. The van der Waals surface area contributed by atoms with E-state index in [2.05, 4.69) is 20.3 Å². The van der Waals surface area contributed by atoms with Gasteiger partial charge < -0.3 is 9.95 Å². The molecule has 8 nitrogen and oxygen atoms in total. The highest BCUT2D eigenvalue weighted by molar-refractivity contribution is 7.92. The number of pyridine rings is 1. The van der Waals surface area contributed by atoms with E-state index in [1.807, 2.05) is 0 Å². The molecule has 102 valence electrons. The van der Waals surface area contributed by atoms with Crippen LogP contribution < -0.4 is 16.0 Å². The van der Waals surface area contributed by atoms with Crippen molar-refractivity contribution in [2.75, 3.05) is 10.1 Å². The lowest BCUT2D eigenvalue weighted by molar-refractivity contribution is 0.430. The van der Waals surface area contributed by atoms with Gasteiger partial charge in [-0.05, 0) is 19.9 Å². The molecule has 0 radical (unpaired) electrons. The minimum Gasteiger partial charge on any atom is -0.337 e. The maximum atomic E-state index is 12.2. The lowest BCUT2D eigenvalue weighted by Crippen LogP contribution is -2.18. The number of nitrogen functional groups attached to an aromatic ring is 1. The average molecular weight is 283 g/mol. The Morgan fingerprint density at radius 2 is 2.11 bits per heavy atom. The fourth-order valence-electron chi connectivity index (χ4n) is 1.40. The van der Waals surface area contributed by atoms with Gasteiger partial charge in [-0.1, -0.05) is 5.16 Å². The number of nitrogens with two attached hydrogens (primary N) is 1. The second-order valence-electron chi connectivity index (χ2n) is 3.84. The van der Waals surface area contributed by atoms with E-state index in [0.717, 1.165) is 0 Å². The molecular weight excluding hydrogens is 270 g/mol. The fourth-order valence-corrected chi connectivity index (χ4v) is 2.56. The van der Waals surface area contributed by atoms with Crippen molar-refractivity contribution < 1.29 is 12.9 Å². The van der Waals surface area contributed by atoms with Crippen molar-refractivity contribution in [2.45, 2.75) is 18.7 Å². The summed E-state index contributed by atoms with van der Waals surface area (Å²) >= 11 is 0. The first kappa shape index (κ1) is 13.3. The monoisotopic (exact) mass is 283 g/mol. The summed E-state index contributed by atoms with van der Waals surface area (Å²) in [6.45, 7) is 3.42. The molecule has 0 amide bonds. The van der Waals surface area contributed by atoms with Crippen LogP contribution in [-0.2, 0) is 10.0 Å². The number of nitrogens with one attached hydrogen (secondary N) is 2. The van der Waals surface area contributed by atoms with Crippen molar-refractivity contribution in [1.29, 1.82) is 0 Å².